The SMILES string of the molecule is CC(C)C1=NC(C)(C)C(=O)N1C(C)C. The predicted octanol–water partition coefficient (Wildman–Crippen LogP) is 2.07. The molecule has 1 heterocycles. The quantitative estimate of drug-likeness (QED) is 0.665. The normalized spacial score (nSPS) is 21.0. The summed E-state index contributed by atoms with van der Waals surface area (Å²) in [5.41, 5.74) is -0.566. The molecule has 80 valence electrons. The first-order valence-corrected chi connectivity index (χ1v) is 5.20. The summed E-state index contributed by atoms with van der Waals surface area (Å²) in [7, 11) is 0. The van der Waals surface area contributed by atoms with Crippen LogP contribution in [0.4, 0.5) is 0 Å². The maximum atomic E-state index is 12.0. The highest BCUT2D eigenvalue weighted by Crippen LogP contribution is 2.26. The minimum Gasteiger partial charge on any atom is -0.296 e. The van der Waals surface area contributed by atoms with E-state index in [1.54, 1.807) is 0 Å². The first kappa shape index (κ1) is 11.2. The standard InChI is InChI=1S/C11H20N2O/c1-7(2)9-12-11(5,6)10(14)13(9)8(3)4/h7-8H,1-6H3. The molecule has 0 aromatic rings. The zero-order valence-corrected chi connectivity index (χ0v) is 9.96. The number of amides is 1. The molecule has 0 N–H and O–H groups in total. The van der Waals surface area contributed by atoms with Gasteiger partial charge in [0.15, 0.2) is 0 Å². The Morgan fingerprint density at radius 1 is 1.21 bits per heavy atom. The molecule has 0 atom stereocenters. The van der Waals surface area contributed by atoms with Crippen molar-refractivity contribution in [2.45, 2.75) is 53.1 Å². The van der Waals surface area contributed by atoms with Gasteiger partial charge in [0.2, 0.25) is 0 Å². The zero-order valence-electron chi connectivity index (χ0n) is 9.96. The zero-order chi connectivity index (χ0) is 11.1. The molecule has 0 aromatic carbocycles. The van der Waals surface area contributed by atoms with Crippen LogP contribution in [0.1, 0.15) is 41.5 Å². The average Bonchev–Trinajstić information content (AvgIpc) is 2.23. The molecule has 0 unspecified atom stereocenters. The van der Waals surface area contributed by atoms with Crippen LogP contribution in [0.15, 0.2) is 4.99 Å². The van der Waals surface area contributed by atoms with Gasteiger partial charge in [-0.2, -0.15) is 0 Å². The van der Waals surface area contributed by atoms with E-state index in [0.717, 1.165) is 5.84 Å². The lowest BCUT2D eigenvalue weighted by molar-refractivity contribution is -0.131. The Hall–Kier alpha value is -0.860. The molecule has 0 fully saturated rings. The van der Waals surface area contributed by atoms with E-state index in [9.17, 15) is 4.79 Å². The number of carbonyl (C=O) groups excluding carboxylic acids is 1. The second kappa shape index (κ2) is 3.37. The number of rotatable bonds is 2. The van der Waals surface area contributed by atoms with Gasteiger partial charge in [-0.25, -0.2) is 0 Å². The second-order valence-electron chi connectivity index (χ2n) is 4.95. The highest BCUT2D eigenvalue weighted by molar-refractivity contribution is 6.08. The number of carbonyl (C=O) groups is 1. The van der Waals surface area contributed by atoms with Gasteiger partial charge in [-0.1, -0.05) is 13.8 Å². The molecule has 3 heteroatoms. The molecule has 0 aliphatic carbocycles. The van der Waals surface area contributed by atoms with Gasteiger partial charge in [-0.05, 0) is 27.7 Å². The highest BCUT2D eigenvalue weighted by atomic mass is 16.2. The van der Waals surface area contributed by atoms with E-state index in [4.69, 9.17) is 0 Å². The van der Waals surface area contributed by atoms with Crippen molar-refractivity contribution in [3.63, 3.8) is 0 Å². The van der Waals surface area contributed by atoms with E-state index in [2.05, 4.69) is 18.8 Å². The van der Waals surface area contributed by atoms with Crippen molar-refractivity contribution in [3.8, 4) is 0 Å². The van der Waals surface area contributed by atoms with Crippen LogP contribution in [0.2, 0.25) is 0 Å². The Balaban J connectivity index is 3.08. The Bertz CT molecular complexity index is 277. The maximum absolute atomic E-state index is 12.0. The topological polar surface area (TPSA) is 32.7 Å². The maximum Gasteiger partial charge on any atom is 0.255 e. The lowest BCUT2D eigenvalue weighted by atomic mass is 10.1. The van der Waals surface area contributed by atoms with Gasteiger partial charge >= 0.3 is 0 Å². The number of hydrogen-bond donors (Lipinski definition) is 0. The molecule has 0 radical (unpaired) electrons. The van der Waals surface area contributed by atoms with Gasteiger partial charge in [-0.15, -0.1) is 0 Å². The summed E-state index contributed by atoms with van der Waals surface area (Å²) in [6, 6.07) is 0.199. The first-order chi connectivity index (χ1) is 6.27. The highest BCUT2D eigenvalue weighted by Gasteiger charge is 2.42. The van der Waals surface area contributed by atoms with Crippen molar-refractivity contribution in [2.75, 3.05) is 0 Å². The largest absolute Gasteiger partial charge is 0.296 e. The smallest absolute Gasteiger partial charge is 0.255 e. The first-order valence-electron chi connectivity index (χ1n) is 5.20. The fraction of sp³-hybridized carbons (Fsp3) is 0.818. The van der Waals surface area contributed by atoms with Crippen LogP contribution >= 0.6 is 0 Å². The number of aliphatic imine (C=N–C) groups is 1. The van der Waals surface area contributed by atoms with Crippen molar-refractivity contribution in [3.05, 3.63) is 0 Å². The van der Waals surface area contributed by atoms with E-state index < -0.39 is 5.54 Å². The minimum atomic E-state index is -0.566. The molecule has 0 aromatic heterocycles. The van der Waals surface area contributed by atoms with Crippen LogP contribution in [-0.2, 0) is 4.79 Å². The van der Waals surface area contributed by atoms with Crippen LogP contribution in [0.5, 0.6) is 0 Å². The van der Waals surface area contributed by atoms with E-state index in [1.165, 1.54) is 0 Å². The van der Waals surface area contributed by atoms with Crippen LogP contribution in [-0.4, -0.2) is 28.2 Å². The van der Waals surface area contributed by atoms with Gasteiger partial charge in [0.05, 0.1) is 0 Å². The van der Waals surface area contributed by atoms with Gasteiger partial charge in [0.25, 0.3) is 5.91 Å². The monoisotopic (exact) mass is 196 g/mol. The molecule has 0 saturated heterocycles. The number of amidine groups is 1. The summed E-state index contributed by atoms with van der Waals surface area (Å²) >= 11 is 0. The Labute approximate surface area is 86.2 Å². The summed E-state index contributed by atoms with van der Waals surface area (Å²) in [5, 5.41) is 0. The van der Waals surface area contributed by atoms with Gasteiger partial charge < -0.3 is 0 Å². The Morgan fingerprint density at radius 3 is 2.00 bits per heavy atom. The molecule has 1 rings (SSSR count). The fourth-order valence-electron chi connectivity index (χ4n) is 1.69. The fourth-order valence-corrected chi connectivity index (χ4v) is 1.69. The second-order valence-corrected chi connectivity index (χ2v) is 4.95. The van der Waals surface area contributed by atoms with Crippen molar-refractivity contribution in [1.82, 2.24) is 4.90 Å². The summed E-state index contributed by atoms with van der Waals surface area (Å²) in [6.07, 6.45) is 0. The third kappa shape index (κ3) is 1.68. The molecule has 0 saturated carbocycles. The van der Waals surface area contributed by atoms with Gasteiger partial charge in [-0.3, -0.25) is 14.7 Å². The summed E-state index contributed by atoms with van der Waals surface area (Å²) in [5.74, 6) is 1.36. The van der Waals surface area contributed by atoms with Gasteiger partial charge in [0, 0.05) is 12.0 Å². The van der Waals surface area contributed by atoms with E-state index in [0.29, 0.717) is 5.92 Å². The molecule has 1 aliphatic rings. The molecule has 0 bridgehead atoms. The molecule has 1 aliphatic heterocycles. The molecule has 0 spiro atoms. The summed E-state index contributed by atoms with van der Waals surface area (Å²) in [4.78, 5) is 18.3. The van der Waals surface area contributed by atoms with Crippen LogP contribution < -0.4 is 0 Å². The number of nitrogens with zero attached hydrogens (tertiary/aromatic N) is 2. The predicted molar refractivity (Wildman–Crippen MR) is 58.3 cm³/mol. The van der Waals surface area contributed by atoms with E-state index >= 15 is 0 Å². The van der Waals surface area contributed by atoms with Crippen LogP contribution in [0.25, 0.3) is 0 Å². The Kier molecular flexibility index (Phi) is 2.70. The lowest BCUT2D eigenvalue weighted by Gasteiger charge is -2.26. The molecule has 3 nitrogen and oxygen atoms in total. The average molecular weight is 196 g/mol. The summed E-state index contributed by atoms with van der Waals surface area (Å²) in [6.45, 7) is 11.9. The van der Waals surface area contributed by atoms with Crippen molar-refractivity contribution >= 4 is 11.7 Å². The number of hydrogen-bond acceptors (Lipinski definition) is 2. The third-order valence-corrected chi connectivity index (χ3v) is 2.42. The molecule has 1 amide bonds. The minimum absolute atomic E-state index is 0.121. The van der Waals surface area contributed by atoms with Crippen LogP contribution in [0.3, 0.4) is 0 Å². The van der Waals surface area contributed by atoms with E-state index in [-0.39, 0.29) is 11.9 Å². The van der Waals surface area contributed by atoms with Crippen molar-refractivity contribution < 1.29 is 4.79 Å². The van der Waals surface area contributed by atoms with Crippen LogP contribution in [0, 0.1) is 5.92 Å². The molecular weight excluding hydrogens is 176 g/mol. The summed E-state index contributed by atoms with van der Waals surface area (Å²) < 4.78 is 0. The third-order valence-electron chi connectivity index (χ3n) is 2.42. The lowest BCUT2D eigenvalue weighted by Crippen LogP contribution is -2.44. The van der Waals surface area contributed by atoms with Crippen molar-refractivity contribution in [2.24, 2.45) is 10.9 Å². The molecule has 14 heavy (non-hydrogen) atoms. The Morgan fingerprint density at radius 2 is 1.71 bits per heavy atom. The van der Waals surface area contributed by atoms with Gasteiger partial charge in [0.1, 0.15) is 11.4 Å². The van der Waals surface area contributed by atoms with E-state index in [1.807, 2.05) is 32.6 Å². The van der Waals surface area contributed by atoms with Crippen molar-refractivity contribution in [1.29, 1.82) is 0 Å². The molecular formula is C11H20N2O.